The molecule has 0 atom stereocenters. The standard InChI is InChI=1S/C18H25N5O2/c24-18-6-3-7-19-23(18)13-12-21-8-10-22(11-9-21)14-17-20-15-4-1-2-5-16(15)25-17/h3,6-7H,1-2,4-5,8-14H2. The largest absolute Gasteiger partial charge is 0.444 e. The number of hydrogen-bond donors (Lipinski definition) is 0. The van der Waals surface area contributed by atoms with Crippen molar-refractivity contribution in [1.29, 1.82) is 0 Å². The van der Waals surface area contributed by atoms with E-state index in [4.69, 9.17) is 4.42 Å². The summed E-state index contributed by atoms with van der Waals surface area (Å²) in [4.78, 5) is 21.2. The van der Waals surface area contributed by atoms with Crippen molar-refractivity contribution in [2.24, 2.45) is 0 Å². The summed E-state index contributed by atoms with van der Waals surface area (Å²) in [5.41, 5.74) is 1.15. The van der Waals surface area contributed by atoms with Crippen LogP contribution in [0.4, 0.5) is 0 Å². The Morgan fingerprint density at radius 3 is 2.64 bits per heavy atom. The molecule has 134 valence electrons. The molecule has 0 amide bonds. The lowest BCUT2D eigenvalue weighted by Gasteiger charge is -2.33. The van der Waals surface area contributed by atoms with Crippen LogP contribution in [0.2, 0.25) is 0 Å². The zero-order chi connectivity index (χ0) is 17.1. The molecule has 0 saturated carbocycles. The number of oxazole rings is 1. The number of nitrogens with zero attached hydrogens (tertiary/aromatic N) is 5. The van der Waals surface area contributed by atoms with Gasteiger partial charge in [0, 0.05) is 51.4 Å². The van der Waals surface area contributed by atoms with E-state index in [9.17, 15) is 4.79 Å². The summed E-state index contributed by atoms with van der Waals surface area (Å²) in [6, 6.07) is 3.24. The number of aromatic nitrogens is 3. The molecule has 2 aromatic rings. The van der Waals surface area contributed by atoms with E-state index in [2.05, 4.69) is 19.9 Å². The Kier molecular flexibility index (Phi) is 4.94. The van der Waals surface area contributed by atoms with Crippen LogP contribution in [0.1, 0.15) is 30.2 Å². The average molecular weight is 343 g/mol. The van der Waals surface area contributed by atoms with Crippen LogP contribution in [0.5, 0.6) is 0 Å². The van der Waals surface area contributed by atoms with Gasteiger partial charge in [-0.05, 0) is 25.3 Å². The number of rotatable bonds is 5. The Hall–Kier alpha value is -1.99. The fourth-order valence-electron chi connectivity index (χ4n) is 3.63. The molecule has 0 bridgehead atoms. The number of piperazine rings is 1. The smallest absolute Gasteiger partial charge is 0.266 e. The van der Waals surface area contributed by atoms with Gasteiger partial charge in [-0.3, -0.25) is 14.6 Å². The number of hydrogen-bond acceptors (Lipinski definition) is 6. The first-order valence-electron chi connectivity index (χ1n) is 9.22. The molecule has 2 aliphatic rings. The first-order chi connectivity index (χ1) is 12.3. The predicted molar refractivity (Wildman–Crippen MR) is 93.4 cm³/mol. The molecule has 2 aromatic heterocycles. The van der Waals surface area contributed by atoms with Crippen LogP contribution < -0.4 is 5.56 Å². The second-order valence-electron chi connectivity index (χ2n) is 6.89. The minimum atomic E-state index is -0.0333. The van der Waals surface area contributed by atoms with Gasteiger partial charge in [0.15, 0.2) is 0 Å². The zero-order valence-corrected chi connectivity index (χ0v) is 14.6. The van der Waals surface area contributed by atoms with Crippen LogP contribution in [-0.4, -0.2) is 57.3 Å². The molecule has 7 heteroatoms. The molecule has 4 rings (SSSR count). The van der Waals surface area contributed by atoms with Crippen LogP contribution in [0.15, 0.2) is 27.5 Å². The van der Waals surface area contributed by atoms with E-state index in [-0.39, 0.29) is 5.56 Å². The van der Waals surface area contributed by atoms with Crippen molar-refractivity contribution < 1.29 is 4.42 Å². The van der Waals surface area contributed by atoms with Gasteiger partial charge in [0.05, 0.1) is 18.8 Å². The summed E-state index contributed by atoms with van der Waals surface area (Å²) in [7, 11) is 0. The van der Waals surface area contributed by atoms with Gasteiger partial charge < -0.3 is 4.42 Å². The van der Waals surface area contributed by atoms with Gasteiger partial charge in [-0.25, -0.2) is 9.67 Å². The molecule has 7 nitrogen and oxygen atoms in total. The highest BCUT2D eigenvalue weighted by molar-refractivity contribution is 5.13. The summed E-state index contributed by atoms with van der Waals surface area (Å²) in [6.45, 7) is 6.32. The molecular formula is C18H25N5O2. The summed E-state index contributed by atoms with van der Waals surface area (Å²) in [5, 5.41) is 4.11. The van der Waals surface area contributed by atoms with Crippen LogP contribution >= 0.6 is 0 Å². The second kappa shape index (κ2) is 7.49. The fourth-order valence-corrected chi connectivity index (χ4v) is 3.63. The van der Waals surface area contributed by atoms with E-state index < -0.39 is 0 Å². The van der Waals surface area contributed by atoms with Crippen molar-refractivity contribution in [1.82, 2.24) is 24.6 Å². The number of aryl methyl sites for hydroxylation is 2. The van der Waals surface area contributed by atoms with E-state index in [1.165, 1.54) is 23.2 Å². The number of fused-ring (bicyclic) bond motifs is 1. The maximum atomic E-state index is 11.7. The Labute approximate surface area is 147 Å². The molecular weight excluding hydrogens is 318 g/mol. The maximum Gasteiger partial charge on any atom is 0.266 e. The zero-order valence-electron chi connectivity index (χ0n) is 14.6. The monoisotopic (exact) mass is 343 g/mol. The molecule has 0 unspecified atom stereocenters. The molecule has 0 spiro atoms. The molecule has 3 heterocycles. The molecule has 1 aliphatic heterocycles. The minimum absolute atomic E-state index is 0.0333. The second-order valence-corrected chi connectivity index (χ2v) is 6.89. The van der Waals surface area contributed by atoms with Gasteiger partial charge in [-0.2, -0.15) is 5.10 Å². The van der Waals surface area contributed by atoms with Crippen molar-refractivity contribution in [2.75, 3.05) is 32.7 Å². The summed E-state index contributed by atoms with van der Waals surface area (Å²) in [6.07, 6.45) is 6.23. The Morgan fingerprint density at radius 2 is 1.84 bits per heavy atom. The lowest BCUT2D eigenvalue weighted by Crippen LogP contribution is -2.47. The molecule has 25 heavy (non-hydrogen) atoms. The highest BCUT2D eigenvalue weighted by Crippen LogP contribution is 2.22. The van der Waals surface area contributed by atoms with E-state index in [1.807, 2.05) is 0 Å². The van der Waals surface area contributed by atoms with Gasteiger partial charge in [0.1, 0.15) is 5.76 Å². The fraction of sp³-hybridized carbons (Fsp3) is 0.611. The Morgan fingerprint density at radius 1 is 1.04 bits per heavy atom. The molecule has 0 N–H and O–H groups in total. The van der Waals surface area contributed by atoms with Crippen LogP contribution in [0.25, 0.3) is 0 Å². The van der Waals surface area contributed by atoms with Crippen LogP contribution in [-0.2, 0) is 25.9 Å². The Balaban J connectivity index is 1.25. The van der Waals surface area contributed by atoms with Crippen molar-refractivity contribution in [3.05, 3.63) is 46.0 Å². The predicted octanol–water partition coefficient (Wildman–Crippen LogP) is 0.928. The molecule has 1 saturated heterocycles. The summed E-state index contributed by atoms with van der Waals surface area (Å²) in [5.74, 6) is 1.99. The first-order valence-corrected chi connectivity index (χ1v) is 9.22. The molecule has 0 radical (unpaired) electrons. The third-order valence-electron chi connectivity index (χ3n) is 5.13. The van der Waals surface area contributed by atoms with E-state index >= 15 is 0 Å². The van der Waals surface area contributed by atoms with E-state index in [1.54, 1.807) is 18.3 Å². The van der Waals surface area contributed by atoms with Crippen molar-refractivity contribution in [2.45, 2.75) is 38.8 Å². The maximum absolute atomic E-state index is 11.7. The van der Waals surface area contributed by atoms with Gasteiger partial charge in [-0.15, -0.1) is 0 Å². The van der Waals surface area contributed by atoms with Gasteiger partial charge in [-0.1, -0.05) is 0 Å². The van der Waals surface area contributed by atoms with Crippen molar-refractivity contribution in [3.8, 4) is 0 Å². The highest BCUT2D eigenvalue weighted by atomic mass is 16.4. The van der Waals surface area contributed by atoms with Gasteiger partial charge in [0.25, 0.3) is 5.56 Å². The molecule has 1 aliphatic carbocycles. The quantitative estimate of drug-likeness (QED) is 0.804. The third-order valence-corrected chi connectivity index (χ3v) is 5.13. The molecule has 0 aromatic carbocycles. The first kappa shape index (κ1) is 16.5. The minimum Gasteiger partial charge on any atom is -0.444 e. The summed E-state index contributed by atoms with van der Waals surface area (Å²) >= 11 is 0. The average Bonchev–Trinajstić information content (AvgIpc) is 3.04. The lowest BCUT2D eigenvalue weighted by molar-refractivity contribution is 0.115. The topological polar surface area (TPSA) is 67.4 Å². The van der Waals surface area contributed by atoms with Gasteiger partial charge >= 0.3 is 0 Å². The third kappa shape index (κ3) is 3.99. The van der Waals surface area contributed by atoms with E-state index in [0.29, 0.717) is 6.54 Å². The van der Waals surface area contributed by atoms with Crippen molar-refractivity contribution in [3.63, 3.8) is 0 Å². The SMILES string of the molecule is O=c1cccnn1CCN1CCN(Cc2nc3c(o2)CCCC3)CC1. The normalized spacial score (nSPS) is 19.0. The highest BCUT2D eigenvalue weighted by Gasteiger charge is 2.21. The van der Waals surface area contributed by atoms with Crippen molar-refractivity contribution >= 4 is 0 Å². The Bertz CT molecular complexity index is 737. The van der Waals surface area contributed by atoms with Gasteiger partial charge in [0.2, 0.25) is 5.89 Å². The van der Waals surface area contributed by atoms with Crippen LogP contribution in [0, 0.1) is 0 Å². The van der Waals surface area contributed by atoms with Crippen LogP contribution in [0.3, 0.4) is 0 Å². The van der Waals surface area contributed by atoms with E-state index in [0.717, 1.165) is 63.8 Å². The molecule has 1 fully saturated rings. The summed E-state index contributed by atoms with van der Waals surface area (Å²) < 4.78 is 7.47. The lowest BCUT2D eigenvalue weighted by atomic mass is 10.0.